The highest BCUT2D eigenvalue weighted by molar-refractivity contribution is 7.89. The molecular formula is C14H18N2O2S. The molecular weight excluding hydrogens is 260 g/mol. The van der Waals surface area contributed by atoms with Crippen molar-refractivity contribution in [2.24, 2.45) is 5.14 Å². The fourth-order valence-corrected chi connectivity index (χ4v) is 3.39. The van der Waals surface area contributed by atoms with Crippen LogP contribution in [0.5, 0.6) is 0 Å². The lowest BCUT2D eigenvalue weighted by atomic mass is 9.76. The van der Waals surface area contributed by atoms with Crippen molar-refractivity contribution in [3.8, 4) is 0 Å². The van der Waals surface area contributed by atoms with Gasteiger partial charge in [-0.1, -0.05) is 23.3 Å². The Hall–Kier alpha value is -1.33. The zero-order valence-electron chi connectivity index (χ0n) is 10.7. The van der Waals surface area contributed by atoms with Gasteiger partial charge in [-0.15, -0.1) is 0 Å². The van der Waals surface area contributed by atoms with Crippen LogP contribution in [0.3, 0.4) is 0 Å². The van der Waals surface area contributed by atoms with Crippen molar-refractivity contribution in [2.75, 3.05) is 5.32 Å². The van der Waals surface area contributed by atoms with Crippen LogP contribution in [0.2, 0.25) is 0 Å². The predicted octanol–water partition coefficient (Wildman–Crippen LogP) is 2.39. The number of benzene rings is 1. The number of hydrogen-bond acceptors (Lipinski definition) is 3. The quantitative estimate of drug-likeness (QED) is 0.834. The summed E-state index contributed by atoms with van der Waals surface area (Å²) in [6.07, 6.45) is 5.92. The van der Waals surface area contributed by atoms with Gasteiger partial charge in [-0.3, -0.25) is 0 Å². The van der Waals surface area contributed by atoms with Crippen molar-refractivity contribution in [3.63, 3.8) is 0 Å². The van der Waals surface area contributed by atoms with E-state index >= 15 is 0 Å². The number of para-hydroxylation sites is 1. The molecule has 1 aromatic rings. The lowest BCUT2D eigenvalue weighted by Gasteiger charge is -2.36. The van der Waals surface area contributed by atoms with Crippen molar-refractivity contribution in [2.45, 2.75) is 43.0 Å². The second-order valence-electron chi connectivity index (χ2n) is 5.35. The van der Waals surface area contributed by atoms with Gasteiger partial charge in [0.25, 0.3) is 0 Å². The molecule has 0 radical (unpaired) electrons. The van der Waals surface area contributed by atoms with E-state index in [2.05, 4.69) is 5.32 Å². The zero-order chi connectivity index (χ0) is 13.5. The summed E-state index contributed by atoms with van der Waals surface area (Å²) in [5.41, 5.74) is 3.81. The molecule has 1 aromatic carbocycles. The Balaban J connectivity index is 1.72. The van der Waals surface area contributed by atoms with Crippen molar-refractivity contribution < 1.29 is 8.42 Å². The van der Waals surface area contributed by atoms with Gasteiger partial charge in [0.1, 0.15) is 4.90 Å². The molecule has 0 aliphatic heterocycles. The molecule has 0 unspecified atom stereocenters. The first-order valence-electron chi connectivity index (χ1n) is 6.62. The molecule has 2 fully saturated rings. The van der Waals surface area contributed by atoms with E-state index in [1.54, 1.807) is 29.3 Å². The van der Waals surface area contributed by atoms with Crippen molar-refractivity contribution >= 4 is 15.7 Å². The molecule has 0 aromatic heterocycles. The third-order valence-electron chi connectivity index (χ3n) is 4.00. The average molecular weight is 278 g/mol. The molecule has 3 N–H and O–H groups in total. The first-order chi connectivity index (χ1) is 9.04. The third kappa shape index (κ3) is 2.53. The van der Waals surface area contributed by atoms with Crippen LogP contribution in [0.4, 0.5) is 5.69 Å². The molecule has 19 heavy (non-hydrogen) atoms. The van der Waals surface area contributed by atoms with Crippen LogP contribution in [-0.2, 0) is 10.0 Å². The Morgan fingerprint density at radius 2 is 1.79 bits per heavy atom. The molecule has 0 spiro atoms. The summed E-state index contributed by atoms with van der Waals surface area (Å²) < 4.78 is 23.0. The third-order valence-corrected chi connectivity index (χ3v) is 4.96. The number of rotatable bonds is 3. The summed E-state index contributed by atoms with van der Waals surface area (Å²) >= 11 is 0. The molecule has 4 nitrogen and oxygen atoms in total. The van der Waals surface area contributed by atoms with Crippen LogP contribution >= 0.6 is 0 Å². The van der Waals surface area contributed by atoms with Crippen LogP contribution < -0.4 is 10.5 Å². The zero-order valence-corrected chi connectivity index (χ0v) is 11.5. The topological polar surface area (TPSA) is 72.2 Å². The van der Waals surface area contributed by atoms with E-state index in [-0.39, 0.29) is 4.90 Å². The molecule has 0 amide bonds. The van der Waals surface area contributed by atoms with Crippen molar-refractivity contribution in [1.82, 2.24) is 0 Å². The van der Waals surface area contributed by atoms with Gasteiger partial charge in [0.05, 0.1) is 5.69 Å². The minimum atomic E-state index is -3.66. The van der Waals surface area contributed by atoms with Gasteiger partial charge in [-0.25, -0.2) is 13.6 Å². The molecule has 2 aliphatic carbocycles. The number of hydrogen-bond donors (Lipinski definition) is 2. The van der Waals surface area contributed by atoms with E-state index in [1.807, 2.05) is 6.07 Å². The SMILES string of the molecule is NS(=O)(=O)c1ccccc1NC1CC(=C2CCC2)C1. The van der Waals surface area contributed by atoms with E-state index in [1.165, 1.54) is 19.3 Å². The lowest BCUT2D eigenvalue weighted by Crippen LogP contribution is -2.32. The van der Waals surface area contributed by atoms with E-state index in [0.29, 0.717) is 11.7 Å². The number of allylic oxidation sites excluding steroid dienone is 1. The van der Waals surface area contributed by atoms with Crippen LogP contribution in [0, 0.1) is 0 Å². The van der Waals surface area contributed by atoms with E-state index in [9.17, 15) is 8.42 Å². The second-order valence-corrected chi connectivity index (χ2v) is 6.88. The number of nitrogens with two attached hydrogens (primary N) is 1. The fourth-order valence-electron chi connectivity index (χ4n) is 2.69. The maximum absolute atomic E-state index is 11.5. The smallest absolute Gasteiger partial charge is 0.240 e. The number of nitrogens with one attached hydrogen (secondary N) is 1. The highest BCUT2D eigenvalue weighted by atomic mass is 32.2. The van der Waals surface area contributed by atoms with Crippen LogP contribution in [-0.4, -0.2) is 14.5 Å². The maximum atomic E-state index is 11.5. The second kappa shape index (κ2) is 4.65. The van der Waals surface area contributed by atoms with Crippen LogP contribution in [0.15, 0.2) is 40.3 Å². The molecule has 102 valence electrons. The van der Waals surface area contributed by atoms with Gasteiger partial charge < -0.3 is 5.32 Å². The molecule has 5 heteroatoms. The Kier molecular flexibility index (Phi) is 3.11. The van der Waals surface area contributed by atoms with Gasteiger partial charge in [0.2, 0.25) is 10.0 Å². The van der Waals surface area contributed by atoms with Gasteiger partial charge >= 0.3 is 0 Å². The predicted molar refractivity (Wildman–Crippen MR) is 75.3 cm³/mol. The van der Waals surface area contributed by atoms with Gasteiger partial charge in [0.15, 0.2) is 0 Å². The first kappa shape index (κ1) is 12.7. The molecule has 2 aliphatic rings. The summed E-state index contributed by atoms with van der Waals surface area (Å²) in [6.45, 7) is 0. The summed E-state index contributed by atoms with van der Waals surface area (Å²) in [5.74, 6) is 0. The van der Waals surface area contributed by atoms with Gasteiger partial charge in [-0.2, -0.15) is 0 Å². The minimum Gasteiger partial charge on any atom is -0.381 e. The van der Waals surface area contributed by atoms with Crippen molar-refractivity contribution in [1.29, 1.82) is 0 Å². The van der Waals surface area contributed by atoms with E-state index in [0.717, 1.165) is 12.8 Å². The minimum absolute atomic E-state index is 0.180. The fraction of sp³-hybridized carbons (Fsp3) is 0.429. The van der Waals surface area contributed by atoms with E-state index in [4.69, 9.17) is 5.14 Å². The number of primary sulfonamides is 1. The Bertz CT molecular complexity index is 621. The first-order valence-corrected chi connectivity index (χ1v) is 8.17. The Labute approximate surface area is 113 Å². The maximum Gasteiger partial charge on any atom is 0.240 e. The number of sulfonamides is 1. The lowest BCUT2D eigenvalue weighted by molar-refractivity contribution is 0.529. The van der Waals surface area contributed by atoms with Crippen LogP contribution in [0.25, 0.3) is 0 Å². The highest BCUT2D eigenvalue weighted by Gasteiger charge is 2.28. The number of anilines is 1. The Morgan fingerprint density at radius 3 is 2.37 bits per heavy atom. The molecule has 0 atom stereocenters. The van der Waals surface area contributed by atoms with E-state index < -0.39 is 10.0 Å². The van der Waals surface area contributed by atoms with Crippen molar-refractivity contribution in [3.05, 3.63) is 35.4 Å². The molecule has 0 heterocycles. The molecule has 3 rings (SSSR count). The molecule has 2 saturated carbocycles. The summed E-state index contributed by atoms with van der Waals surface area (Å²) in [7, 11) is -3.66. The highest BCUT2D eigenvalue weighted by Crippen LogP contribution is 2.40. The Morgan fingerprint density at radius 1 is 1.11 bits per heavy atom. The summed E-state index contributed by atoms with van der Waals surface area (Å²) in [6, 6.07) is 7.16. The average Bonchev–Trinajstić information content (AvgIpc) is 2.23. The standard InChI is InChI=1S/C14H18N2O2S/c15-19(17,18)14-7-2-1-6-13(14)16-12-8-11(9-12)10-4-3-5-10/h1-2,6-7,12,16H,3-5,8-9H2,(H2,15,17,18). The molecule has 0 saturated heterocycles. The monoisotopic (exact) mass is 278 g/mol. The summed E-state index contributed by atoms with van der Waals surface area (Å²) in [4.78, 5) is 0.180. The molecule has 0 bridgehead atoms. The van der Waals surface area contributed by atoms with Gasteiger partial charge in [0, 0.05) is 6.04 Å². The summed E-state index contributed by atoms with van der Waals surface area (Å²) in [5, 5.41) is 8.52. The van der Waals surface area contributed by atoms with Crippen LogP contribution in [0.1, 0.15) is 32.1 Å². The normalized spacial score (nSPS) is 22.7. The van der Waals surface area contributed by atoms with Gasteiger partial charge in [-0.05, 0) is 44.2 Å². The largest absolute Gasteiger partial charge is 0.381 e.